The zero-order valence-corrected chi connectivity index (χ0v) is 22.3. The molecule has 0 saturated heterocycles. The van der Waals surface area contributed by atoms with E-state index in [9.17, 15) is 44.7 Å². The molecule has 1 saturated carbocycles. The number of ether oxygens (including phenoxy) is 2. The first-order chi connectivity index (χ1) is 19.9. The number of fused-ring (bicyclic) bond motifs is 3. The molecule has 5 N–H and O–H groups in total. The molecule has 0 unspecified atom stereocenters. The van der Waals surface area contributed by atoms with Crippen LogP contribution >= 0.6 is 0 Å². The van der Waals surface area contributed by atoms with Crippen LogP contribution in [0.3, 0.4) is 0 Å². The van der Waals surface area contributed by atoms with Gasteiger partial charge in [0.1, 0.15) is 40.4 Å². The summed E-state index contributed by atoms with van der Waals surface area (Å²) < 4.78 is 10.9. The van der Waals surface area contributed by atoms with Crippen molar-refractivity contribution >= 4 is 34.8 Å². The van der Waals surface area contributed by atoms with Gasteiger partial charge in [-0.3, -0.25) is 14.4 Å². The van der Waals surface area contributed by atoms with Gasteiger partial charge in [-0.2, -0.15) is 0 Å². The smallest absolute Gasteiger partial charge is 0.358 e. The number of aliphatic hydroxyl groups excluding tert-OH is 3. The van der Waals surface area contributed by atoms with E-state index in [-0.39, 0.29) is 64.2 Å². The van der Waals surface area contributed by atoms with Gasteiger partial charge in [0, 0.05) is 17.5 Å². The maximum atomic E-state index is 14.1. The molecule has 1 heterocycles. The van der Waals surface area contributed by atoms with Gasteiger partial charge in [0.15, 0.2) is 17.3 Å². The van der Waals surface area contributed by atoms with E-state index in [0.29, 0.717) is 5.56 Å². The van der Waals surface area contributed by atoms with Gasteiger partial charge >= 0.3 is 5.97 Å². The summed E-state index contributed by atoms with van der Waals surface area (Å²) in [6.07, 6.45) is 0.757. The summed E-state index contributed by atoms with van der Waals surface area (Å²) in [5, 5.41) is 55.8. The van der Waals surface area contributed by atoms with Gasteiger partial charge in [0.25, 0.3) is 5.60 Å². The van der Waals surface area contributed by atoms with Crippen molar-refractivity contribution < 1.29 is 54.2 Å². The molecule has 11 nitrogen and oxygen atoms in total. The van der Waals surface area contributed by atoms with Crippen molar-refractivity contribution in [2.45, 2.75) is 43.8 Å². The van der Waals surface area contributed by atoms with Crippen LogP contribution in [-0.4, -0.2) is 67.7 Å². The molecule has 0 radical (unpaired) electrons. The minimum absolute atomic E-state index is 0.0176. The molecule has 5 aliphatic carbocycles. The number of hydrogen-bond donors (Lipinski definition) is 5. The quantitative estimate of drug-likeness (QED) is 0.250. The summed E-state index contributed by atoms with van der Waals surface area (Å²) in [4.78, 5) is 54.1. The van der Waals surface area contributed by atoms with Crippen LogP contribution in [0.25, 0.3) is 11.5 Å². The lowest BCUT2D eigenvalue weighted by molar-refractivity contribution is -0.169. The SMILES string of the molecule is COC(=O)[C@@]12Oc3cc4c(c(O)c3C(O)=C1C(=O)CC[C@H]2O)[C@H]1C=C[C@]2(C4)C(=O)c3cc(C)cc(O)c3C(O)=C2C1=O. The summed E-state index contributed by atoms with van der Waals surface area (Å²) in [5.74, 6) is -6.91. The number of aryl methyl sites for hydroxylation is 1. The zero-order chi connectivity index (χ0) is 30.0. The van der Waals surface area contributed by atoms with E-state index in [4.69, 9.17) is 9.47 Å². The molecule has 2 aromatic rings. The third-order valence-corrected chi connectivity index (χ3v) is 9.10. The number of esters is 1. The molecule has 11 heteroatoms. The van der Waals surface area contributed by atoms with Gasteiger partial charge in [-0.05, 0) is 49.1 Å². The highest BCUT2D eigenvalue weighted by Gasteiger charge is 2.62. The Labute approximate surface area is 237 Å². The normalized spacial score (nSPS) is 28.8. The summed E-state index contributed by atoms with van der Waals surface area (Å²) >= 11 is 0. The Morgan fingerprint density at radius 3 is 2.45 bits per heavy atom. The predicted molar refractivity (Wildman–Crippen MR) is 143 cm³/mol. The molecule has 8 rings (SSSR count). The molecular weight excluding hydrogens is 548 g/mol. The zero-order valence-electron chi connectivity index (χ0n) is 22.3. The first-order valence-electron chi connectivity index (χ1n) is 13.3. The molecular formula is C31H24O11. The molecule has 2 bridgehead atoms. The maximum Gasteiger partial charge on any atom is 0.358 e. The van der Waals surface area contributed by atoms with E-state index in [1.165, 1.54) is 30.4 Å². The molecule has 214 valence electrons. The number of aromatic hydroxyl groups is 2. The lowest BCUT2D eigenvalue weighted by Gasteiger charge is -2.43. The number of carbonyl (C=O) groups excluding carboxylic acids is 4. The van der Waals surface area contributed by atoms with E-state index >= 15 is 0 Å². The molecule has 6 aliphatic rings. The summed E-state index contributed by atoms with van der Waals surface area (Å²) in [6.45, 7) is 1.67. The van der Waals surface area contributed by atoms with Gasteiger partial charge in [0.2, 0.25) is 0 Å². The average Bonchev–Trinajstić information content (AvgIpc) is 3.16. The first kappa shape index (κ1) is 26.0. The summed E-state index contributed by atoms with van der Waals surface area (Å²) in [6, 6.07) is 4.22. The molecule has 1 spiro atoms. The Balaban J connectivity index is 1.50. The fourth-order valence-corrected chi connectivity index (χ4v) is 7.28. The molecule has 0 aromatic heterocycles. The lowest BCUT2D eigenvalue weighted by atomic mass is 9.62. The molecule has 1 fully saturated rings. The highest BCUT2D eigenvalue weighted by Crippen LogP contribution is 2.59. The maximum absolute atomic E-state index is 14.1. The average molecular weight is 573 g/mol. The monoisotopic (exact) mass is 572 g/mol. The number of carbonyl (C=O) groups is 4. The van der Waals surface area contributed by atoms with Crippen molar-refractivity contribution in [2.75, 3.05) is 7.11 Å². The van der Waals surface area contributed by atoms with E-state index < -0.39 is 69.2 Å². The van der Waals surface area contributed by atoms with Crippen molar-refractivity contribution in [3.05, 3.63) is 74.9 Å². The van der Waals surface area contributed by atoms with Crippen LogP contribution in [0.1, 0.15) is 56.9 Å². The van der Waals surface area contributed by atoms with Crippen LogP contribution in [0.4, 0.5) is 0 Å². The van der Waals surface area contributed by atoms with Crippen molar-refractivity contribution in [1.82, 2.24) is 0 Å². The van der Waals surface area contributed by atoms with Gasteiger partial charge in [-0.1, -0.05) is 12.2 Å². The van der Waals surface area contributed by atoms with Crippen LogP contribution in [-0.2, 0) is 25.5 Å². The van der Waals surface area contributed by atoms with Crippen LogP contribution in [0.5, 0.6) is 17.2 Å². The van der Waals surface area contributed by atoms with Crippen molar-refractivity contribution in [1.29, 1.82) is 0 Å². The number of methoxy groups -OCH3 is 1. The lowest BCUT2D eigenvalue weighted by Crippen LogP contribution is -2.61. The second kappa shape index (κ2) is 8.10. The summed E-state index contributed by atoms with van der Waals surface area (Å²) in [5.41, 5.74) is -4.61. The highest BCUT2D eigenvalue weighted by atomic mass is 16.6. The third kappa shape index (κ3) is 2.83. The number of allylic oxidation sites excluding steroid dienone is 3. The number of aliphatic hydroxyl groups is 3. The molecule has 1 aliphatic heterocycles. The largest absolute Gasteiger partial charge is 0.507 e. The molecule has 42 heavy (non-hydrogen) atoms. The number of Topliss-reactive ketones (excluding diaryl/α,β-unsaturated/α-hetero) is 3. The number of benzene rings is 2. The Hall–Kier alpha value is -4.90. The van der Waals surface area contributed by atoms with Crippen LogP contribution in [0.15, 0.2) is 41.5 Å². The summed E-state index contributed by atoms with van der Waals surface area (Å²) in [7, 11) is 1.03. The minimum atomic E-state index is -2.41. The number of phenols is 2. The number of ketones is 3. The number of rotatable bonds is 1. The third-order valence-electron chi connectivity index (χ3n) is 9.10. The van der Waals surface area contributed by atoms with Gasteiger partial charge in [0.05, 0.1) is 35.2 Å². The van der Waals surface area contributed by atoms with Gasteiger partial charge in [-0.25, -0.2) is 4.79 Å². The highest BCUT2D eigenvalue weighted by molar-refractivity contribution is 6.23. The minimum Gasteiger partial charge on any atom is -0.507 e. The predicted octanol–water partition coefficient (Wildman–Crippen LogP) is 2.63. The Morgan fingerprint density at radius 2 is 1.74 bits per heavy atom. The fourth-order valence-electron chi connectivity index (χ4n) is 7.28. The molecule has 2 aromatic carbocycles. The van der Waals surface area contributed by atoms with E-state index in [0.717, 1.165) is 7.11 Å². The van der Waals surface area contributed by atoms with Crippen LogP contribution < -0.4 is 4.74 Å². The van der Waals surface area contributed by atoms with E-state index in [1.807, 2.05) is 0 Å². The number of phenolic OH excluding ortho intramolecular Hbond substituents is 2. The Morgan fingerprint density at radius 1 is 1.02 bits per heavy atom. The number of hydrogen-bond acceptors (Lipinski definition) is 11. The van der Waals surface area contributed by atoms with E-state index in [1.54, 1.807) is 6.92 Å². The molecule has 4 atom stereocenters. The Bertz CT molecular complexity index is 1830. The molecule has 0 amide bonds. The van der Waals surface area contributed by atoms with E-state index in [2.05, 4.69) is 0 Å². The van der Waals surface area contributed by atoms with Gasteiger partial charge < -0.3 is 35.0 Å². The Kier molecular flexibility index (Phi) is 5.02. The fraction of sp³-hybridized carbons (Fsp3) is 0.290. The second-order valence-electron chi connectivity index (χ2n) is 11.3. The first-order valence-corrected chi connectivity index (χ1v) is 13.3. The van der Waals surface area contributed by atoms with Crippen LogP contribution in [0.2, 0.25) is 0 Å². The topological polar surface area (TPSA) is 188 Å². The van der Waals surface area contributed by atoms with Crippen molar-refractivity contribution in [3.63, 3.8) is 0 Å². The second-order valence-corrected chi connectivity index (χ2v) is 11.3. The van der Waals surface area contributed by atoms with Crippen molar-refractivity contribution in [3.8, 4) is 17.2 Å². The standard InChI is InChI=1S/C31H24O11/c1-11-7-14-20(16(33)8-11)26(37)23-24(35)13-5-6-30(23,28(14)39)10-12-9-17-21(25(36)19(12)13)27(38)22-15(32)3-4-18(34)31(22,42-17)29(40)41-2/h5-9,13,18,33-34,36-38H,3-4,10H2,1-2H3/t13-,18-,30-,31+/m1/s1. The van der Waals surface area contributed by atoms with Crippen molar-refractivity contribution in [2.24, 2.45) is 5.41 Å². The van der Waals surface area contributed by atoms with Gasteiger partial charge in [-0.15, -0.1) is 0 Å². The van der Waals surface area contributed by atoms with Crippen LogP contribution in [0, 0.1) is 12.3 Å².